The highest BCUT2D eigenvalue weighted by atomic mass is 79.9. The molecule has 0 unspecified atom stereocenters. The minimum absolute atomic E-state index is 0.245. The summed E-state index contributed by atoms with van der Waals surface area (Å²) in [7, 11) is 0. The second-order valence-corrected chi connectivity index (χ2v) is 5.41. The Bertz CT molecular complexity index is 820. The third kappa shape index (κ3) is 2.16. The summed E-state index contributed by atoms with van der Waals surface area (Å²) in [5.41, 5.74) is 1.67. The van der Waals surface area contributed by atoms with Crippen LogP contribution in [0.3, 0.4) is 0 Å². The van der Waals surface area contributed by atoms with Gasteiger partial charge >= 0.3 is 0 Å². The highest BCUT2D eigenvalue weighted by molar-refractivity contribution is 9.10. The van der Waals surface area contributed by atoms with Gasteiger partial charge in [0.15, 0.2) is 5.76 Å². The number of rotatable bonds is 2. The Morgan fingerprint density at radius 3 is 2.70 bits per heavy atom. The van der Waals surface area contributed by atoms with Crippen molar-refractivity contribution in [1.82, 2.24) is 0 Å². The molecule has 0 N–H and O–H groups in total. The van der Waals surface area contributed by atoms with Gasteiger partial charge in [-0.3, -0.25) is 4.79 Å². The predicted molar refractivity (Wildman–Crippen MR) is 78.5 cm³/mol. The van der Waals surface area contributed by atoms with Gasteiger partial charge in [0.2, 0.25) is 5.78 Å². The number of para-hydroxylation sites is 1. The van der Waals surface area contributed by atoms with Crippen LogP contribution in [0, 0.1) is 12.7 Å². The molecule has 0 saturated heterocycles. The molecule has 0 radical (unpaired) electrons. The molecule has 0 aliphatic carbocycles. The molecule has 2 aromatic carbocycles. The summed E-state index contributed by atoms with van der Waals surface area (Å²) >= 11 is 3.38. The lowest BCUT2D eigenvalue weighted by molar-refractivity contribution is 0.101. The van der Waals surface area contributed by atoms with E-state index >= 15 is 0 Å². The second kappa shape index (κ2) is 4.87. The summed E-state index contributed by atoms with van der Waals surface area (Å²) < 4.78 is 19.5. The molecule has 0 atom stereocenters. The molecule has 20 heavy (non-hydrogen) atoms. The first-order chi connectivity index (χ1) is 9.56. The van der Waals surface area contributed by atoms with Crippen molar-refractivity contribution in [2.24, 2.45) is 0 Å². The maximum atomic E-state index is 13.1. The van der Waals surface area contributed by atoms with Gasteiger partial charge in [0.25, 0.3) is 0 Å². The average molecular weight is 333 g/mol. The fourth-order valence-electron chi connectivity index (χ4n) is 2.15. The van der Waals surface area contributed by atoms with E-state index in [0.717, 1.165) is 9.86 Å². The summed E-state index contributed by atoms with van der Waals surface area (Å²) in [5.74, 6) is -0.349. The summed E-state index contributed by atoms with van der Waals surface area (Å²) in [6.07, 6.45) is 0. The van der Waals surface area contributed by atoms with Crippen molar-refractivity contribution in [2.45, 2.75) is 6.92 Å². The molecule has 0 aliphatic rings. The molecule has 100 valence electrons. The van der Waals surface area contributed by atoms with E-state index in [9.17, 15) is 9.18 Å². The Morgan fingerprint density at radius 1 is 1.20 bits per heavy atom. The molecule has 0 fully saturated rings. The molecule has 3 rings (SSSR count). The van der Waals surface area contributed by atoms with Crippen molar-refractivity contribution in [1.29, 1.82) is 0 Å². The van der Waals surface area contributed by atoms with Crippen LogP contribution in [0.5, 0.6) is 0 Å². The van der Waals surface area contributed by atoms with Crippen molar-refractivity contribution in [3.8, 4) is 0 Å². The maximum Gasteiger partial charge on any atom is 0.228 e. The van der Waals surface area contributed by atoms with Gasteiger partial charge in [-0.2, -0.15) is 0 Å². The molecule has 0 bridgehead atoms. The molecule has 0 saturated carbocycles. The average Bonchev–Trinajstić information content (AvgIpc) is 2.83. The number of hydrogen-bond acceptors (Lipinski definition) is 2. The highest BCUT2D eigenvalue weighted by Crippen LogP contribution is 2.28. The number of fused-ring (bicyclic) bond motifs is 1. The van der Waals surface area contributed by atoms with Crippen molar-refractivity contribution in [3.05, 3.63) is 69.6 Å². The first-order valence-corrected chi connectivity index (χ1v) is 6.84. The summed E-state index contributed by atoms with van der Waals surface area (Å²) in [5, 5.41) is 0.850. The normalized spacial score (nSPS) is 10.9. The van der Waals surface area contributed by atoms with Crippen LogP contribution in [0.25, 0.3) is 11.0 Å². The van der Waals surface area contributed by atoms with Crippen molar-refractivity contribution in [2.75, 3.05) is 0 Å². The lowest BCUT2D eigenvalue weighted by Gasteiger charge is -2.02. The highest BCUT2D eigenvalue weighted by Gasteiger charge is 2.17. The van der Waals surface area contributed by atoms with Crippen molar-refractivity contribution >= 4 is 32.7 Å². The lowest BCUT2D eigenvalue weighted by Crippen LogP contribution is -2.02. The Hall–Kier alpha value is -1.94. The fraction of sp³-hybridized carbons (Fsp3) is 0.0625. The molecule has 1 aromatic heterocycles. The van der Waals surface area contributed by atoms with Gasteiger partial charge < -0.3 is 4.42 Å². The van der Waals surface area contributed by atoms with E-state index in [1.54, 1.807) is 13.0 Å². The number of carbonyl (C=O) groups is 1. The smallest absolute Gasteiger partial charge is 0.228 e. The zero-order chi connectivity index (χ0) is 14.3. The van der Waals surface area contributed by atoms with Gasteiger partial charge in [-0.1, -0.05) is 12.1 Å². The van der Waals surface area contributed by atoms with E-state index in [-0.39, 0.29) is 17.4 Å². The fourth-order valence-corrected chi connectivity index (χ4v) is 2.62. The second-order valence-electron chi connectivity index (χ2n) is 4.56. The van der Waals surface area contributed by atoms with Gasteiger partial charge in [0.1, 0.15) is 11.4 Å². The third-order valence-corrected chi connectivity index (χ3v) is 3.78. The quantitative estimate of drug-likeness (QED) is 0.626. The first-order valence-electron chi connectivity index (χ1n) is 6.05. The number of ketones is 1. The zero-order valence-corrected chi connectivity index (χ0v) is 12.2. The van der Waals surface area contributed by atoms with Gasteiger partial charge in [-0.05, 0) is 58.7 Å². The maximum absolute atomic E-state index is 13.1. The molecule has 1 heterocycles. The topological polar surface area (TPSA) is 30.2 Å². The van der Waals surface area contributed by atoms with Gasteiger partial charge in [-0.15, -0.1) is 0 Å². The Balaban J connectivity index is 2.10. The molecule has 3 aromatic rings. The van der Waals surface area contributed by atoms with Crippen LogP contribution in [0.4, 0.5) is 4.39 Å². The van der Waals surface area contributed by atoms with E-state index in [2.05, 4.69) is 15.9 Å². The minimum atomic E-state index is -0.355. The van der Waals surface area contributed by atoms with E-state index < -0.39 is 0 Å². The van der Waals surface area contributed by atoms with Gasteiger partial charge in [-0.25, -0.2) is 4.39 Å². The third-order valence-electron chi connectivity index (χ3n) is 3.15. The minimum Gasteiger partial charge on any atom is -0.451 e. The molecule has 2 nitrogen and oxygen atoms in total. The van der Waals surface area contributed by atoms with Gasteiger partial charge in [0.05, 0.1) is 4.47 Å². The standard InChI is InChI=1S/C16H10BrFO2/c1-9-7-11(18)5-6-12(9)15(19)14-8-10-3-2-4-13(17)16(10)20-14/h2-8H,1H3. The zero-order valence-electron chi connectivity index (χ0n) is 10.6. The Morgan fingerprint density at radius 2 is 2.00 bits per heavy atom. The van der Waals surface area contributed by atoms with Gasteiger partial charge in [0, 0.05) is 10.9 Å². The summed E-state index contributed by atoms with van der Waals surface area (Å²) in [4.78, 5) is 12.4. The van der Waals surface area contributed by atoms with Crippen LogP contribution >= 0.6 is 15.9 Å². The molecular weight excluding hydrogens is 323 g/mol. The molecule has 4 heteroatoms. The number of aryl methyl sites for hydroxylation is 1. The predicted octanol–water partition coefficient (Wildman–Crippen LogP) is 4.87. The van der Waals surface area contributed by atoms with Crippen molar-refractivity contribution < 1.29 is 13.6 Å². The molecular formula is C16H10BrFO2. The molecule has 0 amide bonds. The van der Waals surface area contributed by atoms with E-state index in [1.165, 1.54) is 18.2 Å². The SMILES string of the molecule is Cc1cc(F)ccc1C(=O)c1cc2cccc(Br)c2o1. The molecule has 0 spiro atoms. The van der Waals surface area contributed by atoms with Crippen molar-refractivity contribution in [3.63, 3.8) is 0 Å². The van der Waals surface area contributed by atoms with Crippen LogP contribution < -0.4 is 0 Å². The Kier molecular flexibility index (Phi) is 3.18. The van der Waals surface area contributed by atoms with E-state index in [0.29, 0.717) is 16.7 Å². The molecule has 0 aliphatic heterocycles. The largest absolute Gasteiger partial charge is 0.451 e. The number of furan rings is 1. The van der Waals surface area contributed by atoms with Crippen LogP contribution in [-0.2, 0) is 0 Å². The number of halogens is 2. The Labute approximate surface area is 123 Å². The first kappa shape index (κ1) is 13.1. The van der Waals surface area contributed by atoms with Crippen LogP contribution in [0.1, 0.15) is 21.7 Å². The van der Waals surface area contributed by atoms with E-state index in [4.69, 9.17) is 4.42 Å². The van der Waals surface area contributed by atoms with Crippen LogP contribution in [-0.4, -0.2) is 5.78 Å². The lowest BCUT2D eigenvalue weighted by atomic mass is 10.0. The number of benzene rings is 2. The van der Waals surface area contributed by atoms with E-state index in [1.807, 2.05) is 18.2 Å². The van der Waals surface area contributed by atoms with Crippen LogP contribution in [0.2, 0.25) is 0 Å². The number of hydrogen-bond donors (Lipinski definition) is 0. The summed E-state index contributed by atoms with van der Waals surface area (Å²) in [6.45, 7) is 1.70. The van der Waals surface area contributed by atoms with Crippen LogP contribution in [0.15, 0.2) is 51.4 Å². The monoisotopic (exact) mass is 332 g/mol. The number of carbonyl (C=O) groups excluding carboxylic acids is 1. The summed E-state index contributed by atoms with van der Waals surface area (Å²) in [6, 6.07) is 11.4.